The van der Waals surface area contributed by atoms with Crippen LogP contribution in [-0.2, 0) is 14.8 Å². The highest BCUT2D eigenvalue weighted by Gasteiger charge is 2.26. The summed E-state index contributed by atoms with van der Waals surface area (Å²) in [4.78, 5) is 12.3. The van der Waals surface area contributed by atoms with Crippen LogP contribution in [-0.4, -0.2) is 33.5 Å². The zero-order valence-corrected chi connectivity index (χ0v) is 16.1. The normalized spacial score (nSPS) is 17.6. The van der Waals surface area contributed by atoms with Gasteiger partial charge in [0.1, 0.15) is 10.6 Å². The van der Waals surface area contributed by atoms with Gasteiger partial charge in [0.2, 0.25) is 15.9 Å². The van der Waals surface area contributed by atoms with Crippen molar-refractivity contribution in [1.29, 1.82) is 0 Å². The highest BCUT2D eigenvalue weighted by molar-refractivity contribution is 7.89. The Morgan fingerprint density at radius 2 is 1.88 bits per heavy atom. The van der Waals surface area contributed by atoms with Crippen molar-refractivity contribution >= 4 is 27.5 Å². The largest absolute Gasteiger partial charge is 0.495 e. The Kier molecular flexibility index (Phi) is 7.10. The molecule has 0 bridgehead atoms. The lowest BCUT2D eigenvalue weighted by Crippen LogP contribution is -2.47. The average Bonchev–Trinajstić information content (AvgIpc) is 2.83. The van der Waals surface area contributed by atoms with E-state index in [9.17, 15) is 13.2 Å². The van der Waals surface area contributed by atoms with Crippen molar-refractivity contribution in [1.82, 2.24) is 10.0 Å². The van der Waals surface area contributed by atoms with Crippen molar-refractivity contribution in [3.63, 3.8) is 0 Å². The molecule has 0 saturated heterocycles. The maximum atomic E-state index is 12.6. The van der Waals surface area contributed by atoms with Gasteiger partial charge in [-0.15, -0.1) is 0 Å². The minimum absolute atomic E-state index is 0.0865. The summed E-state index contributed by atoms with van der Waals surface area (Å²) in [5.74, 6) is -0.148. The van der Waals surface area contributed by atoms with Gasteiger partial charge in [0.15, 0.2) is 0 Å². The lowest BCUT2D eigenvalue weighted by molar-refractivity contribution is -0.123. The van der Waals surface area contributed by atoms with E-state index in [-0.39, 0.29) is 27.6 Å². The molecule has 0 aromatic heterocycles. The van der Waals surface area contributed by atoms with Crippen LogP contribution in [0.3, 0.4) is 0 Å². The van der Waals surface area contributed by atoms with Crippen molar-refractivity contribution < 1.29 is 17.9 Å². The summed E-state index contributed by atoms with van der Waals surface area (Å²) in [5, 5.41) is 3.22. The Morgan fingerprint density at radius 1 is 1.24 bits per heavy atom. The van der Waals surface area contributed by atoms with Gasteiger partial charge in [0.25, 0.3) is 0 Å². The molecule has 1 amide bonds. The molecule has 1 aromatic carbocycles. The van der Waals surface area contributed by atoms with E-state index in [1.807, 2.05) is 0 Å². The second-order valence-electron chi connectivity index (χ2n) is 6.34. The van der Waals surface area contributed by atoms with Crippen LogP contribution < -0.4 is 14.8 Å². The van der Waals surface area contributed by atoms with Crippen molar-refractivity contribution in [3.8, 4) is 5.75 Å². The summed E-state index contributed by atoms with van der Waals surface area (Å²) in [6, 6.07) is 3.55. The second kappa shape index (κ2) is 8.87. The SMILES string of the molecule is COc1ccc(Cl)cc1S(=O)(=O)N[C@@H](C)C(=O)NC1CCCCCC1. The topological polar surface area (TPSA) is 84.5 Å². The Bertz CT molecular complexity index is 701. The van der Waals surface area contributed by atoms with E-state index >= 15 is 0 Å². The summed E-state index contributed by atoms with van der Waals surface area (Å²) < 4.78 is 32.7. The van der Waals surface area contributed by atoms with Crippen molar-refractivity contribution in [3.05, 3.63) is 23.2 Å². The lowest BCUT2D eigenvalue weighted by atomic mass is 10.1. The zero-order chi connectivity index (χ0) is 18.4. The summed E-state index contributed by atoms with van der Waals surface area (Å²) in [5.41, 5.74) is 0. The first kappa shape index (κ1) is 20.0. The van der Waals surface area contributed by atoms with E-state index in [1.54, 1.807) is 6.07 Å². The van der Waals surface area contributed by atoms with Crippen LogP contribution in [0, 0.1) is 0 Å². The molecular formula is C17H25ClN2O4S. The maximum Gasteiger partial charge on any atom is 0.245 e. The molecule has 25 heavy (non-hydrogen) atoms. The Hall–Kier alpha value is -1.31. The number of nitrogens with one attached hydrogen (secondary N) is 2. The number of hydrogen-bond acceptors (Lipinski definition) is 4. The quantitative estimate of drug-likeness (QED) is 0.734. The third-order valence-electron chi connectivity index (χ3n) is 4.34. The fourth-order valence-corrected chi connectivity index (χ4v) is 4.59. The van der Waals surface area contributed by atoms with E-state index in [0.29, 0.717) is 0 Å². The van der Waals surface area contributed by atoms with Gasteiger partial charge in [-0.05, 0) is 38.0 Å². The number of carbonyl (C=O) groups is 1. The average molecular weight is 389 g/mol. The van der Waals surface area contributed by atoms with Crippen LogP contribution in [0.4, 0.5) is 0 Å². The van der Waals surface area contributed by atoms with Crippen LogP contribution in [0.5, 0.6) is 5.75 Å². The van der Waals surface area contributed by atoms with Gasteiger partial charge >= 0.3 is 0 Å². The fourth-order valence-electron chi connectivity index (χ4n) is 2.96. The van der Waals surface area contributed by atoms with Gasteiger partial charge < -0.3 is 10.1 Å². The van der Waals surface area contributed by atoms with Gasteiger partial charge in [-0.2, -0.15) is 4.72 Å². The number of methoxy groups -OCH3 is 1. The predicted molar refractivity (Wildman–Crippen MR) is 97.4 cm³/mol. The third kappa shape index (κ3) is 5.59. The Labute approximate surface area is 154 Å². The van der Waals surface area contributed by atoms with Gasteiger partial charge in [0.05, 0.1) is 13.2 Å². The minimum atomic E-state index is -3.94. The zero-order valence-electron chi connectivity index (χ0n) is 14.5. The first-order chi connectivity index (χ1) is 11.8. The van der Waals surface area contributed by atoms with Gasteiger partial charge in [-0.3, -0.25) is 4.79 Å². The number of rotatable bonds is 6. The van der Waals surface area contributed by atoms with Crippen molar-refractivity contribution in [2.75, 3.05) is 7.11 Å². The first-order valence-corrected chi connectivity index (χ1v) is 10.4. The van der Waals surface area contributed by atoms with Gasteiger partial charge in [-0.1, -0.05) is 37.3 Å². The monoisotopic (exact) mass is 388 g/mol. The number of carbonyl (C=O) groups excluding carboxylic acids is 1. The number of amides is 1. The molecule has 1 saturated carbocycles. The number of benzene rings is 1. The van der Waals surface area contributed by atoms with Crippen LogP contribution >= 0.6 is 11.6 Å². The molecule has 140 valence electrons. The minimum Gasteiger partial charge on any atom is -0.495 e. The molecule has 0 spiro atoms. The molecule has 2 rings (SSSR count). The molecule has 0 unspecified atom stereocenters. The second-order valence-corrected chi connectivity index (χ2v) is 8.45. The fraction of sp³-hybridized carbons (Fsp3) is 0.588. The summed E-state index contributed by atoms with van der Waals surface area (Å²) in [6.45, 7) is 1.53. The standard InChI is InChI=1S/C17H25ClN2O4S/c1-12(17(21)19-14-7-5-3-4-6-8-14)20-25(22,23)16-11-13(18)9-10-15(16)24-2/h9-12,14,20H,3-8H2,1-2H3,(H,19,21)/t12-/m0/s1. The van der Waals surface area contributed by atoms with E-state index in [1.165, 1.54) is 39.0 Å². The summed E-state index contributed by atoms with van der Waals surface area (Å²) >= 11 is 5.90. The van der Waals surface area contributed by atoms with E-state index in [0.717, 1.165) is 25.7 Å². The lowest BCUT2D eigenvalue weighted by Gasteiger charge is -2.20. The predicted octanol–water partition coefficient (Wildman–Crippen LogP) is 2.85. The molecule has 8 heteroatoms. The third-order valence-corrected chi connectivity index (χ3v) is 6.14. The molecule has 0 aliphatic heterocycles. The molecule has 1 aliphatic carbocycles. The summed E-state index contributed by atoms with van der Waals surface area (Å²) in [7, 11) is -2.56. The van der Waals surface area contributed by atoms with Crippen LogP contribution in [0.15, 0.2) is 23.1 Å². The number of halogens is 1. The number of sulfonamides is 1. The van der Waals surface area contributed by atoms with Gasteiger partial charge in [0, 0.05) is 11.1 Å². The van der Waals surface area contributed by atoms with Crippen LogP contribution in [0.2, 0.25) is 5.02 Å². The van der Waals surface area contributed by atoms with Crippen LogP contribution in [0.1, 0.15) is 45.4 Å². The number of hydrogen-bond donors (Lipinski definition) is 2. The Balaban J connectivity index is 2.06. The molecule has 1 aliphatic rings. The Morgan fingerprint density at radius 3 is 2.48 bits per heavy atom. The first-order valence-electron chi connectivity index (χ1n) is 8.49. The van der Waals surface area contributed by atoms with Gasteiger partial charge in [-0.25, -0.2) is 8.42 Å². The highest BCUT2D eigenvalue weighted by Crippen LogP contribution is 2.27. The van der Waals surface area contributed by atoms with E-state index < -0.39 is 16.1 Å². The van der Waals surface area contributed by atoms with Crippen LogP contribution in [0.25, 0.3) is 0 Å². The number of ether oxygens (including phenoxy) is 1. The molecule has 1 fully saturated rings. The smallest absolute Gasteiger partial charge is 0.245 e. The summed E-state index contributed by atoms with van der Waals surface area (Å²) in [6.07, 6.45) is 6.42. The van der Waals surface area contributed by atoms with Crippen molar-refractivity contribution in [2.24, 2.45) is 0 Å². The molecule has 1 atom stereocenters. The maximum absolute atomic E-state index is 12.6. The molecular weight excluding hydrogens is 364 g/mol. The highest BCUT2D eigenvalue weighted by atomic mass is 35.5. The van der Waals surface area contributed by atoms with Crippen molar-refractivity contribution in [2.45, 2.75) is 62.4 Å². The molecule has 6 nitrogen and oxygen atoms in total. The molecule has 2 N–H and O–H groups in total. The molecule has 0 radical (unpaired) electrons. The van der Waals surface area contributed by atoms with E-state index in [2.05, 4.69) is 10.0 Å². The molecule has 0 heterocycles. The molecule has 1 aromatic rings. The van der Waals surface area contributed by atoms with E-state index in [4.69, 9.17) is 16.3 Å².